The number of esters is 8. The summed E-state index contributed by atoms with van der Waals surface area (Å²) in [6, 6.07) is 0. The van der Waals surface area contributed by atoms with Gasteiger partial charge in [-0.2, -0.15) is 35.1 Å². The predicted molar refractivity (Wildman–Crippen MR) is 466 cm³/mol. The highest BCUT2D eigenvalue weighted by Crippen LogP contribution is 2.80. The molecular formula is C106H152F8O17. The van der Waals surface area contributed by atoms with Crippen molar-refractivity contribution in [3.05, 3.63) is 0 Å². The van der Waals surface area contributed by atoms with Crippen LogP contribution in [0.15, 0.2) is 0 Å². The van der Waals surface area contributed by atoms with Gasteiger partial charge in [-0.15, -0.1) is 0 Å². The number of halogens is 8. The van der Waals surface area contributed by atoms with Crippen LogP contribution in [0.3, 0.4) is 0 Å². The molecule has 21 unspecified atom stereocenters. The summed E-state index contributed by atoms with van der Waals surface area (Å²) in [5.41, 5.74) is -3.12. The molecule has 0 spiro atoms. The van der Waals surface area contributed by atoms with Gasteiger partial charge in [-0.05, 0) is 399 Å². The third kappa shape index (κ3) is 18.4. The second kappa shape index (κ2) is 34.3. The van der Waals surface area contributed by atoms with Gasteiger partial charge in [-0.25, -0.2) is 19.2 Å². The van der Waals surface area contributed by atoms with Crippen molar-refractivity contribution in [2.45, 2.75) is 403 Å². The molecule has 0 aliphatic heterocycles. The highest BCUT2D eigenvalue weighted by Gasteiger charge is 2.75. The molecule has 21 atom stereocenters. The van der Waals surface area contributed by atoms with E-state index in [0.717, 1.165) is 246 Å². The van der Waals surface area contributed by atoms with E-state index in [0.29, 0.717) is 142 Å². The maximum atomic E-state index is 14.2. The highest BCUT2D eigenvalue weighted by molar-refractivity contribution is 5.80. The Kier molecular flexibility index (Phi) is 24.9. The lowest BCUT2D eigenvalue weighted by atomic mass is 9.29. The van der Waals surface area contributed by atoms with E-state index in [1.807, 2.05) is 13.8 Å². The van der Waals surface area contributed by atoms with Crippen LogP contribution >= 0.6 is 0 Å². The van der Waals surface area contributed by atoms with Crippen LogP contribution in [0.1, 0.15) is 351 Å². The van der Waals surface area contributed by atoms with Crippen LogP contribution < -0.4 is 0 Å². The number of hydrogen-bond donors (Lipinski definition) is 0. The maximum absolute atomic E-state index is 14.2. The molecule has 0 saturated heterocycles. The SMILES string of the molecule is CC.CC(F)(F)C(=O)OCC12CC3CC(C1)CC(OC(=O)C14CC5C6CC7CC5C(C1)C(C)(C7)C6C4)(C3)C2.CC(F)(F)C(=O)OCC12CC3CC(C1)CC(OC(=O)C1CCC4CCCCC4C1)(C3)C2.CC1CC2C3CC(CC(=O)OC45CC6CC(CC(COC(=O)C(C)(F)F)(C6)C4)C5)C(C3)C2C1.COC1CCC(C(=O)OC23CC4CC(CC(COC(=O)C(C)(F)F)(C4)C2)C3)CC1. The average Bonchev–Trinajstić information content (AvgIpc) is 0.999. The Labute approximate surface area is 771 Å². The van der Waals surface area contributed by atoms with E-state index in [9.17, 15) is 73.5 Å². The maximum Gasteiger partial charge on any atom is 0.376 e. The van der Waals surface area contributed by atoms with Crippen molar-refractivity contribution in [3.63, 3.8) is 0 Å². The fraction of sp³-hybridized carbons (Fsp3) is 0.925. The Morgan fingerprint density at radius 2 is 0.710 bits per heavy atom. The topological polar surface area (TPSA) is 220 Å². The fourth-order valence-electron chi connectivity index (χ4n) is 38.4. The van der Waals surface area contributed by atoms with Crippen LogP contribution in [0.25, 0.3) is 0 Å². The van der Waals surface area contributed by atoms with Crippen LogP contribution in [0, 0.1) is 175 Å². The minimum atomic E-state index is -3.48. The van der Waals surface area contributed by atoms with Gasteiger partial charge in [0.2, 0.25) is 0 Å². The lowest BCUT2D eigenvalue weighted by Crippen LogP contribution is -2.71. The van der Waals surface area contributed by atoms with Crippen LogP contribution in [0.5, 0.6) is 0 Å². The summed E-state index contributed by atoms with van der Waals surface area (Å²) in [7, 11) is 1.71. The number of rotatable bonds is 22. The van der Waals surface area contributed by atoms with Crippen LogP contribution in [-0.2, 0) is 81.0 Å². The Morgan fingerprint density at radius 1 is 0.336 bits per heavy atom. The molecule has 0 aromatic carbocycles. The molecule has 29 aliphatic carbocycles. The van der Waals surface area contributed by atoms with Gasteiger partial charge in [0, 0.05) is 62.9 Å². The molecule has 29 rings (SSSR count). The van der Waals surface area contributed by atoms with Crippen molar-refractivity contribution in [1.29, 1.82) is 0 Å². The molecule has 0 heterocycles. The first-order valence-electron chi connectivity index (χ1n) is 52.4. The third-order valence-corrected chi connectivity index (χ3v) is 40.8. The highest BCUT2D eigenvalue weighted by atomic mass is 19.3. The molecule has 17 nitrogen and oxygen atoms in total. The fourth-order valence-corrected chi connectivity index (χ4v) is 38.4. The van der Waals surface area contributed by atoms with Crippen molar-refractivity contribution in [2.24, 2.45) is 175 Å². The Balaban J connectivity index is 0.000000113. The van der Waals surface area contributed by atoms with Gasteiger partial charge < -0.3 is 42.6 Å². The van der Waals surface area contributed by atoms with Gasteiger partial charge in [0.15, 0.2) is 0 Å². The van der Waals surface area contributed by atoms with Crippen molar-refractivity contribution in [1.82, 2.24) is 0 Å². The number of ether oxygens (including phenoxy) is 9. The van der Waals surface area contributed by atoms with E-state index in [2.05, 4.69) is 13.8 Å². The van der Waals surface area contributed by atoms with E-state index in [1.54, 1.807) is 7.11 Å². The van der Waals surface area contributed by atoms with E-state index < -0.39 is 70.0 Å². The molecule has 26 bridgehead atoms. The number of alkyl halides is 8. The smallest absolute Gasteiger partial charge is 0.376 e. The molecule has 0 aromatic rings. The largest absolute Gasteiger partial charge is 0.461 e. The zero-order chi connectivity index (χ0) is 92.8. The molecule has 734 valence electrons. The van der Waals surface area contributed by atoms with Gasteiger partial charge in [0.1, 0.15) is 22.4 Å². The monoisotopic (exact) mass is 1850 g/mol. The summed E-state index contributed by atoms with van der Waals surface area (Å²) in [5, 5.41) is 0. The quantitative estimate of drug-likeness (QED) is 0.0559. The molecule has 0 N–H and O–H groups in total. The molecular weight excluding hydrogens is 1700 g/mol. The second-order valence-electron chi connectivity index (χ2n) is 51.1. The molecule has 0 amide bonds. The molecule has 131 heavy (non-hydrogen) atoms. The van der Waals surface area contributed by atoms with Gasteiger partial charge in [0.25, 0.3) is 0 Å². The minimum Gasteiger partial charge on any atom is -0.461 e. The second-order valence-corrected chi connectivity index (χ2v) is 51.1. The Bertz CT molecular complexity index is 4220. The zero-order valence-electron chi connectivity index (χ0n) is 79.8. The van der Waals surface area contributed by atoms with Gasteiger partial charge >= 0.3 is 71.4 Å². The summed E-state index contributed by atoms with van der Waals surface area (Å²) < 4.78 is 158. The number of hydrogen-bond acceptors (Lipinski definition) is 17. The van der Waals surface area contributed by atoms with Crippen LogP contribution in [0.4, 0.5) is 35.1 Å². The van der Waals surface area contributed by atoms with Crippen LogP contribution in [-0.4, -0.2) is 133 Å². The number of carbonyl (C=O) groups excluding carboxylic acids is 8. The lowest BCUT2D eigenvalue weighted by molar-refractivity contribution is -0.281. The Hall–Kier alpha value is -4.84. The first-order valence-corrected chi connectivity index (χ1v) is 52.4. The van der Waals surface area contributed by atoms with E-state index in [1.165, 1.54) is 70.6 Å². The molecule has 0 radical (unpaired) electrons. The van der Waals surface area contributed by atoms with Crippen molar-refractivity contribution < 1.29 is 116 Å². The van der Waals surface area contributed by atoms with Gasteiger partial charge in [-0.3, -0.25) is 19.2 Å². The number of methoxy groups -OCH3 is 1. The summed E-state index contributed by atoms with van der Waals surface area (Å²) >= 11 is 0. The molecule has 29 saturated carbocycles. The summed E-state index contributed by atoms with van der Waals surface area (Å²) in [4.78, 5) is 100. The Morgan fingerprint density at radius 3 is 1.11 bits per heavy atom. The standard InChI is InChI=1S/C30H40F2O4.C27H38F2O4.C25H36F2O4.C22H32F2O5.C2H6/c1-26-6-16-4-19-21-11-29(12-22(19)26,13-23(26)20(21)5-16)25(34)36-30-9-17-3-18(10-30)8-28(7-17,14-30)15-35-24(33)27(2,31)32;1-15-3-20-18-6-19(21(7-18)22(20)4-15)8-23(30)33-27-11-16-5-17(12-27)10-26(9-16,13-27)14-32-24(31)25(2,28)29;1-23(26,27)22(29)30-15-24-10-16-8-17(11-24)13-25(12-16,14-24)31-21(28)20-7-6-18-4-2-3-5-19(18)9-20;1-20(23,24)19(26)28-13-21-8-14-7-15(9-21)11-22(10-14,12-21)29-18(25)16-3-5-17(27-2)6-4-16;1-2/h16-23H,3-15H2,1-2H3;15-22H,3-14H2,1-2H3;16-20H,2-15H2,1H3;14-17H,3-13H2,1-2H3;1-2H3. The van der Waals surface area contributed by atoms with Gasteiger partial charge in [-0.1, -0.05) is 53.4 Å². The molecule has 25 heteroatoms. The summed E-state index contributed by atoms with van der Waals surface area (Å²) in [5.74, 6) is -5.73. The van der Waals surface area contributed by atoms with E-state index >= 15 is 0 Å². The summed E-state index contributed by atoms with van der Waals surface area (Å²) in [6.07, 6.45) is 45.9. The van der Waals surface area contributed by atoms with Crippen molar-refractivity contribution in [3.8, 4) is 0 Å². The lowest BCUT2D eigenvalue weighted by Gasteiger charge is -2.76. The third-order valence-electron chi connectivity index (χ3n) is 40.8. The molecule has 0 aromatic heterocycles. The average molecular weight is 1850 g/mol. The zero-order valence-corrected chi connectivity index (χ0v) is 79.8. The van der Waals surface area contributed by atoms with Crippen molar-refractivity contribution >= 4 is 47.8 Å². The number of carbonyl (C=O) groups is 8. The summed E-state index contributed by atoms with van der Waals surface area (Å²) in [6.45, 7) is 11.3. The van der Waals surface area contributed by atoms with Crippen LogP contribution in [0.2, 0.25) is 0 Å². The van der Waals surface area contributed by atoms with Crippen molar-refractivity contribution in [2.75, 3.05) is 33.5 Å². The number of fused-ring (bicyclic) bond motifs is 6. The molecule has 29 fully saturated rings. The van der Waals surface area contributed by atoms with Gasteiger partial charge in [0.05, 0.1) is 49.8 Å². The normalized spacial score (nSPS) is 47.6. The minimum absolute atomic E-state index is 0.000507. The first kappa shape index (κ1) is 95.1. The van der Waals surface area contributed by atoms with E-state index in [-0.39, 0.29) is 95.3 Å². The first-order chi connectivity index (χ1) is 61.7. The predicted octanol–water partition coefficient (Wildman–Crippen LogP) is 22.9. The van der Waals surface area contributed by atoms with E-state index in [4.69, 9.17) is 42.6 Å². The molecule has 29 aliphatic rings.